The van der Waals surface area contributed by atoms with Crippen molar-refractivity contribution in [1.29, 1.82) is 0 Å². The fourth-order valence-electron chi connectivity index (χ4n) is 4.10. The summed E-state index contributed by atoms with van der Waals surface area (Å²) < 4.78 is 11.9. The molecule has 4 aromatic rings. The monoisotopic (exact) mass is 475 g/mol. The topological polar surface area (TPSA) is 85.5 Å². The van der Waals surface area contributed by atoms with Gasteiger partial charge >= 0.3 is 0 Å². The summed E-state index contributed by atoms with van der Waals surface area (Å²) in [6.45, 7) is 6.76. The highest BCUT2D eigenvalue weighted by atomic mass is 32.1. The highest BCUT2D eigenvalue weighted by molar-refractivity contribution is 7.15. The van der Waals surface area contributed by atoms with Gasteiger partial charge < -0.3 is 9.15 Å². The molecule has 0 saturated carbocycles. The van der Waals surface area contributed by atoms with Gasteiger partial charge in [0.2, 0.25) is 10.9 Å². The van der Waals surface area contributed by atoms with Gasteiger partial charge in [0.05, 0.1) is 23.6 Å². The summed E-state index contributed by atoms with van der Waals surface area (Å²) in [5.41, 5.74) is 1.24. The van der Waals surface area contributed by atoms with E-state index >= 15 is 0 Å². The molecular weight excluding hydrogens is 450 g/mol. The number of hydrogen-bond donors (Lipinski definition) is 0. The van der Waals surface area contributed by atoms with Gasteiger partial charge in [0, 0.05) is 5.92 Å². The summed E-state index contributed by atoms with van der Waals surface area (Å²) in [6, 6.07) is 13.8. The predicted molar refractivity (Wildman–Crippen MR) is 132 cm³/mol. The number of anilines is 1. The Morgan fingerprint density at radius 3 is 2.71 bits per heavy atom. The third kappa shape index (κ3) is 3.77. The molecule has 0 fully saturated rings. The predicted octanol–water partition coefficient (Wildman–Crippen LogP) is 5.70. The number of ether oxygens (including phenoxy) is 1. The number of para-hydroxylation sites is 1. The van der Waals surface area contributed by atoms with Gasteiger partial charge in [0.1, 0.15) is 16.3 Å². The number of aromatic nitrogens is 2. The molecule has 0 aliphatic carbocycles. The SMILES string of the molecule is CCCCOc1cccc([C@H]2c3c(oc4ccccc4c3=O)C(=O)N2c2nnc(C(C)C)s2)c1. The van der Waals surface area contributed by atoms with Crippen molar-refractivity contribution in [2.45, 2.75) is 45.6 Å². The van der Waals surface area contributed by atoms with Gasteiger partial charge in [-0.3, -0.25) is 14.5 Å². The van der Waals surface area contributed by atoms with Gasteiger partial charge in [-0.15, -0.1) is 10.2 Å². The molecule has 8 heteroatoms. The Hall–Kier alpha value is -3.52. The molecule has 0 radical (unpaired) electrons. The maximum Gasteiger partial charge on any atom is 0.297 e. The Balaban J connectivity index is 1.69. The quantitative estimate of drug-likeness (QED) is 0.319. The maximum absolute atomic E-state index is 13.7. The minimum Gasteiger partial charge on any atom is -0.494 e. The molecule has 1 aliphatic rings. The zero-order chi connectivity index (χ0) is 23.8. The number of carbonyl (C=O) groups is 1. The number of unbranched alkanes of at least 4 members (excludes halogenated alkanes) is 1. The third-order valence-corrected chi connectivity index (χ3v) is 7.07. The normalized spacial score (nSPS) is 15.4. The maximum atomic E-state index is 13.7. The Morgan fingerprint density at radius 2 is 1.94 bits per heavy atom. The fraction of sp³-hybridized carbons (Fsp3) is 0.308. The lowest BCUT2D eigenvalue weighted by molar-refractivity contribution is 0.0970. The Kier molecular flexibility index (Phi) is 5.91. The Labute approximate surface area is 201 Å². The van der Waals surface area contributed by atoms with E-state index in [-0.39, 0.29) is 17.1 Å². The second-order valence-corrected chi connectivity index (χ2v) is 9.59. The number of amides is 1. The van der Waals surface area contributed by atoms with Gasteiger partial charge in [0.25, 0.3) is 5.91 Å². The number of benzene rings is 2. The standard InChI is InChI=1S/C26H25N3O4S/c1-4-5-13-32-17-10-8-9-16(14-17)21-20-22(30)18-11-6-7-12-19(18)33-23(20)25(31)29(21)26-28-27-24(34-26)15(2)3/h6-12,14-15,21H,4-5,13H2,1-3H3/t21-/m0/s1. The van der Waals surface area contributed by atoms with E-state index in [1.165, 1.54) is 16.2 Å². The van der Waals surface area contributed by atoms with Crippen LogP contribution in [0.5, 0.6) is 5.75 Å². The van der Waals surface area contributed by atoms with Gasteiger partial charge in [-0.05, 0) is 36.2 Å². The van der Waals surface area contributed by atoms with E-state index in [4.69, 9.17) is 9.15 Å². The molecule has 34 heavy (non-hydrogen) atoms. The van der Waals surface area contributed by atoms with Crippen LogP contribution >= 0.6 is 11.3 Å². The number of nitrogens with zero attached hydrogens (tertiary/aromatic N) is 3. The lowest BCUT2D eigenvalue weighted by Crippen LogP contribution is -2.29. The van der Waals surface area contributed by atoms with Gasteiger partial charge in [0.15, 0.2) is 5.43 Å². The number of rotatable bonds is 7. The minimum atomic E-state index is -0.689. The molecule has 1 amide bonds. The zero-order valence-electron chi connectivity index (χ0n) is 19.3. The van der Waals surface area contributed by atoms with Crippen molar-refractivity contribution in [3.8, 4) is 5.75 Å². The number of carbonyl (C=O) groups excluding carboxylic acids is 1. The Morgan fingerprint density at radius 1 is 1.12 bits per heavy atom. The largest absolute Gasteiger partial charge is 0.494 e. The van der Waals surface area contributed by atoms with Crippen LogP contribution in [-0.2, 0) is 0 Å². The molecule has 5 rings (SSSR count). The number of fused-ring (bicyclic) bond motifs is 2. The van der Waals surface area contributed by atoms with Crippen molar-refractivity contribution >= 4 is 33.3 Å². The molecule has 0 saturated heterocycles. The molecule has 0 unspecified atom stereocenters. The molecule has 3 heterocycles. The van der Waals surface area contributed by atoms with Crippen molar-refractivity contribution in [2.75, 3.05) is 11.5 Å². The minimum absolute atomic E-state index is 0.0484. The molecule has 2 aromatic carbocycles. The summed E-state index contributed by atoms with van der Waals surface area (Å²) in [7, 11) is 0. The van der Waals surface area contributed by atoms with Crippen molar-refractivity contribution in [2.24, 2.45) is 0 Å². The van der Waals surface area contributed by atoms with E-state index in [1.807, 2.05) is 38.1 Å². The first-order valence-corrected chi connectivity index (χ1v) is 12.3. The fourth-order valence-corrected chi connectivity index (χ4v) is 4.97. The smallest absolute Gasteiger partial charge is 0.297 e. The van der Waals surface area contributed by atoms with Gasteiger partial charge in [-0.25, -0.2) is 0 Å². The van der Waals surface area contributed by atoms with Crippen LogP contribution in [0.3, 0.4) is 0 Å². The average molecular weight is 476 g/mol. The van der Waals surface area contributed by atoms with Crippen LogP contribution in [0.2, 0.25) is 0 Å². The molecule has 2 aromatic heterocycles. The number of hydrogen-bond acceptors (Lipinski definition) is 7. The first-order valence-electron chi connectivity index (χ1n) is 11.4. The molecule has 0 spiro atoms. The van der Waals surface area contributed by atoms with Crippen LogP contribution in [0.4, 0.5) is 5.13 Å². The van der Waals surface area contributed by atoms with E-state index in [9.17, 15) is 9.59 Å². The van der Waals surface area contributed by atoms with Crippen molar-refractivity contribution in [3.05, 3.63) is 80.6 Å². The van der Waals surface area contributed by atoms with E-state index in [1.54, 1.807) is 24.3 Å². The first kappa shape index (κ1) is 22.3. The lowest BCUT2D eigenvalue weighted by atomic mass is 9.98. The van der Waals surface area contributed by atoms with Crippen LogP contribution in [0.15, 0.2) is 57.7 Å². The van der Waals surface area contributed by atoms with E-state index in [2.05, 4.69) is 17.1 Å². The van der Waals surface area contributed by atoms with E-state index in [0.717, 1.165) is 23.4 Å². The molecule has 7 nitrogen and oxygen atoms in total. The second kappa shape index (κ2) is 9.02. The van der Waals surface area contributed by atoms with E-state index < -0.39 is 11.9 Å². The molecule has 0 N–H and O–H groups in total. The van der Waals surface area contributed by atoms with Crippen LogP contribution in [-0.4, -0.2) is 22.7 Å². The highest BCUT2D eigenvalue weighted by Crippen LogP contribution is 2.43. The van der Waals surface area contributed by atoms with Crippen LogP contribution < -0.4 is 15.1 Å². The highest BCUT2D eigenvalue weighted by Gasteiger charge is 2.45. The van der Waals surface area contributed by atoms with Crippen molar-refractivity contribution in [3.63, 3.8) is 0 Å². The summed E-state index contributed by atoms with van der Waals surface area (Å²) in [6.07, 6.45) is 1.97. The van der Waals surface area contributed by atoms with Crippen LogP contribution in [0.1, 0.15) is 72.3 Å². The van der Waals surface area contributed by atoms with Crippen molar-refractivity contribution in [1.82, 2.24) is 10.2 Å². The molecule has 1 aliphatic heterocycles. The average Bonchev–Trinajstić information content (AvgIpc) is 3.43. The summed E-state index contributed by atoms with van der Waals surface area (Å²) in [5, 5.41) is 10.3. The van der Waals surface area contributed by atoms with Crippen LogP contribution in [0, 0.1) is 0 Å². The Bertz CT molecular complexity index is 1430. The summed E-state index contributed by atoms with van der Waals surface area (Å²) >= 11 is 1.35. The van der Waals surface area contributed by atoms with E-state index in [0.29, 0.717) is 34.0 Å². The molecule has 0 bridgehead atoms. The zero-order valence-corrected chi connectivity index (χ0v) is 20.1. The van der Waals surface area contributed by atoms with Crippen molar-refractivity contribution < 1.29 is 13.9 Å². The summed E-state index contributed by atoms with van der Waals surface area (Å²) in [5.74, 6) is 0.512. The molecule has 1 atom stereocenters. The molecule has 174 valence electrons. The first-order chi connectivity index (χ1) is 16.5. The van der Waals surface area contributed by atoms with Gasteiger partial charge in [-0.1, -0.05) is 62.8 Å². The third-order valence-electron chi connectivity index (χ3n) is 5.85. The summed E-state index contributed by atoms with van der Waals surface area (Å²) in [4.78, 5) is 28.8. The molecular formula is C26H25N3O4S. The van der Waals surface area contributed by atoms with Crippen LogP contribution in [0.25, 0.3) is 11.0 Å². The second-order valence-electron chi connectivity index (χ2n) is 8.60. The van der Waals surface area contributed by atoms with Gasteiger partial charge in [-0.2, -0.15) is 0 Å². The lowest BCUT2D eigenvalue weighted by Gasteiger charge is -2.22.